The second-order valence-corrected chi connectivity index (χ2v) is 4.07. The molecule has 0 atom stereocenters. The zero-order chi connectivity index (χ0) is 12.7. The molecule has 0 aromatic heterocycles. The normalized spacial score (nSPS) is 15.9. The van der Waals surface area contributed by atoms with E-state index >= 15 is 0 Å². The number of carbonyl (C=O) groups excluding carboxylic acids is 1. The summed E-state index contributed by atoms with van der Waals surface area (Å²) < 4.78 is 5.27. The van der Waals surface area contributed by atoms with E-state index in [0.717, 1.165) is 31.8 Å². The van der Waals surface area contributed by atoms with Crippen LogP contribution in [0, 0.1) is 0 Å². The highest BCUT2D eigenvalue weighted by Gasteiger charge is 2.16. The van der Waals surface area contributed by atoms with Crippen LogP contribution in [0.4, 0.5) is 0 Å². The van der Waals surface area contributed by atoms with Crippen molar-refractivity contribution in [2.75, 3.05) is 32.8 Å². The van der Waals surface area contributed by atoms with E-state index in [2.05, 4.69) is 18.5 Å². The van der Waals surface area contributed by atoms with Gasteiger partial charge in [0.05, 0.1) is 0 Å². The van der Waals surface area contributed by atoms with Gasteiger partial charge in [-0.2, -0.15) is 0 Å². The van der Waals surface area contributed by atoms with Gasteiger partial charge in [-0.1, -0.05) is 24.8 Å². The third-order valence-corrected chi connectivity index (χ3v) is 2.40. The van der Waals surface area contributed by atoms with Gasteiger partial charge in [0.25, 0.3) is 5.91 Å². The second-order valence-electron chi connectivity index (χ2n) is 4.07. The van der Waals surface area contributed by atoms with Gasteiger partial charge in [-0.3, -0.25) is 4.79 Å². The van der Waals surface area contributed by atoms with Crippen molar-refractivity contribution in [3.8, 4) is 0 Å². The molecule has 1 aliphatic heterocycles. The molecule has 1 heterocycles. The van der Waals surface area contributed by atoms with Crippen LogP contribution in [-0.4, -0.2) is 43.6 Å². The third-order valence-electron chi connectivity index (χ3n) is 2.40. The Kier molecular flexibility index (Phi) is 5.49. The average molecular weight is 236 g/mol. The Morgan fingerprint density at radius 3 is 2.59 bits per heavy atom. The van der Waals surface area contributed by atoms with Crippen LogP contribution in [0.2, 0.25) is 0 Å². The first-order chi connectivity index (χ1) is 8.09. The second kappa shape index (κ2) is 6.91. The lowest BCUT2D eigenvalue weighted by atomic mass is 10.3. The molecule has 1 fully saturated rings. The van der Waals surface area contributed by atoms with Crippen LogP contribution in [0.1, 0.15) is 6.92 Å². The number of allylic oxidation sites excluding steroid dienone is 3. The molecule has 0 aliphatic carbocycles. The zero-order valence-corrected chi connectivity index (χ0v) is 10.4. The van der Waals surface area contributed by atoms with E-state index in [-0.39, 0.29) is 12.5 Å². The average Bonchev–Trinajstić information content (AvgIpc) is 2.34. The Morgan fingerprint density at radius 1 is 1.35 bits per heavy atom. The lowest BCUT2D eigenvalue weighted by Crippen LogP contribution is -2.47. The number of ether oxygens (including phenoxy) is 1. The number of piperazine rings is 1. The van der Waals surface area contributed by atoms with Crippen LogP contribution in [0.5, 0.6) is 0 Å². The molecule has 1 amide bonds. The van der Waals surface area contributed by atoms with E-state index in [9.17, 15) is 4.79 Å². The zero-order valence-electron chi connectivity index (χ0n) is 10.4. The molecule has 0 aromatic rings. The summed E-state index contributed by atoms with van der Waals surface area (Å²) in [6, 6.07) is 0. The van der Waals surface area contributed by atoms with Crippen LogP contribution >= 0.6 is 0 Å². The van der Waals surface area contributed by atoms with Crippen molar-refractivity contribution < 1.29 is 9.53 Å². The van der Waals surface area contributed by atoms with E-state index in [1.165, 1.54) is 0 Å². The van der Waals surface area contributed by atoms with Crippen LogP contribution in [0.15, 0.2) is 36.6 Å². The SMILES string of the molecule is C=C(C)/C=C\C(=C)OCC(=O)N1CCNCC1. The Hall–Kier alpha value is -1.55. The molecule has 0 unspecified atom stereocenters. The van der Waals surface area contributed by atoms with E-state index in [1.54, 1.807) is 17.1 Å². The number of carbonyl (C=O) groups is 1. The molecular weight excluding hydrogens is 216 g/mol. The number of rotatable bonds is 5. The molecule has 0 spiro atoms. The van der Waals surface area contributed by atoms with Crippen molar-refractivity contribution in [1.29, 1.82) is 0 Å². The van der Waals surface area contributed by atoms with Gasteiger partial charge in [0, 0.05) is 26.2 Å². The largest absolute Gasteiger partial charge is 0.484 e. The van der Waals surface area contributed by atoms with Crippen LogP contribution in [-0.2, 0) is 9.53 Å². The molecule has 0 radical (unpaired) electrons. The number of amides is 1. The van der Waals surface area contributed by atoms with Crippen LogP contribution < -0.4 is 5.32 Å². The summed E-state index contributed by atoms with van der Waals surface area (Å²) in [5, 5.41) is 3.19. The predicted molar refractivity (Wildman–Crippen MR) is 68.5 cm³/mol. The molecule has 4 heteroatoms. The fourth-order valence-corrected chi connectivity index (χ4v) is 1.44. The lowest BCUT2D eigenvalue weighted by Gasteiger charge is -2.27. The quantitative estimate of drug-likeness (QED) is 0.573. The van der Waals surface area contributed by atoms with Gasteiger partial charge in [-0.25, -0.2) is 0 Å². The van der Waals surface area contributed by atoms with E-state index in [4.69, 9.17) is 4.74 Å². The minimum Gasteiger partial charge on any atom is -0.484 e. The Labute approximate surface area is 103 Å². The smallest absolute Gasteiger partial charge is 0.260 e. The first kappa shape index (κ1) is 13.5. The Balaban J connectivity index is 2.27. The highest BCUT2D eigenvalue weighted by Crippen LogP contribution is 2.01. The van der Waals surface area contributed by atoms with Gasteiger partial charge < -0.3 is 15.0 Å². The highest BCUT2D eigenvalue weighted by atomic mass is 16.5. The molecule has 1 rings (SSSR count). The predicted octanol–water partition coefficient (Wildman–Crippen LogP) is 1.08. The third kappa shape index (κ3) is 5.36. The van der Waals surface area contributed by atoms with Gasteiger partial charge in [0.2, 0.25) is 0 Å². The molecule has 4 nitrogen and oxygen atoms in total. The Bertz CT molecular complexity index is 328. The first-order valence-corrected chi connectivity index (χ1v) is 5.73. The number of nitrogens with one attached hydrogen (secondary N) is 1. The molecule has 0 aromatic carbocycles. The number of hydrogen-bond acceptors (Lipinski definition) is 3. The van der Waals surface area contributed by atoms with Crippen molar-refractivity contribution >= 4 is 5.91 Å². The standard InChI is InChI=1S/C13H20N2O2/c1-11(2)4-5-12(3)17-10-13(16)15-8-6-14-7-9-15/h4-5,14H,1,3,6-10H2,2H3/b5-4-. The molecule has 94 valence electrons. The monoisotopic (exact) mass is 236 g/mol. The van der Waals surface area contributed by atoms with Gasteiger partial charge >= 0.3 is 0 Å². The molecule has 1 saturated heterocycles. The highest BCUT2D eigenvalue weighted by molar-refractivity contribution is 5.77. The van der Waals surface area contributed by atoms with E-state index < -0.39 is 0 Å². The summed E-state index contributed by atoms with van der Waals surface area (Å²) >= 11 is 0. The van der Waals surface area contributed by atoms with E-state index in [1.807, 2.05) is 6.92 Å². The first-order valence-electron chi connectivity index (χ1n) is 5.73. The molecule has 1 aliphatic rings. The van der Waals surface area contributed by atoms with Crippen molar-refractivity contribution in [3.05, 3.63) is 36.6 Å². The maximum atomic E-state index is 11.7. The van der Waals surface area contributed by atoms with E-state index in [0.29, 0.717) is 5.76 Å². The minimum atomic E-state index is 0.0105. The van der Waals surface area contributed by atoms with Crippen LogP contribution in [0.3, 0.4) is 0 Å². The maximum absolute atomic E-state index is 11.7. The fourth-order valence-electron chi connectivity index (χ4n) is 1.44. The number of nitrogens with zero attached hydrogens (tertiary/aromatic N) is 1. The van der Waals surface area contributed by atoms with Crippen molar-refractivity contribution in [1.82, 2.24) is 10.2 Å². The van der Waals surface area contributed by atoms with Gasteiger partial charge in [-0.15, -0.1) is 0 Å². The lowest BCUT2D eigenvalue weighted by molar-refractivity contribution is -0.135. The summed E-state index contributed by atoms with van der Waals surface area (Å²) in [4.78, 5) is 13.5. The summed E-state index contributed by atoms with van der Waals surface area (Å²) in [5.41, 5.74) is 0.920. The fraction of sp³-hybridized carbons (Fsp3) is 0.462. The Morgan fingerprint density at radius 2 is 2.00 bits per heavy atom. The summed E-state index contributed by atoms with van der Waals surface area (Å²) in [6.07, 6.45) is 3.52. The molecule has 17 heavy (non-hydrogen) atoms. The van der Waals surface area contributed by atoms with Gasteiger partial charge in [0.1, 0.15) is 5.76 Å². The van der Waals surface area contributed by atoms with Gasteiger partial charge in [-0.05, 0) is 13.0 Å². The molecule has 0 bridgehead atoms. The van der Waals surface area contributed by atoms with Crippen LogP contribution in [0.25, 0.3) is 0 Å². The summed E-state index contributed by atoms with van der Waals surface area (Å²) in [6.45, 7) is 12.6. The maximum Gasteiger partial charge on any atom is 0.260 e. The summed E-state index contributed by atoms with van der Waals surface area (Å²) in [7, 11) is 0. The van der Waals surface area contributed by atoms with Crippen molar-refractivity contribution in [2.45, 2.75) is 6.92 Å². The van der Waals surface area contributed by atoms with Crippen molar-refractivity contribution in [3.63, 3.8) is 0 Å². The molecular formula is C13H20N2O2. The molecule has 1 N–H and O–H groups in total. The number of hydrogen-bond donors (Lipinski definition) is 1. The van der Waals surface area contributed by atoms with Gasteiger partial charge in [0.15, 0.2) is 6.61 Å². The molecule has 0 saturated carbocycles. The summed E-state index contributed by atoms with van der Waals surface area (Å²) in [5.74, 6) is 0.493. The minimum absolute atomic E-state index is 0.0105. The van der Waals surface area contributed by atoms with Crippen molar-refractivity contribution in [2.24, 2.45) is 0 Å². The topological polar surface area (TPSA) is 41.6 Å².